The van der Waals surface area contributed by atoms with Gasteiger partial charge in [-0.2, -0.15) is 0 Å². The number of hydrogen-bond acceptors (Lipinski definition) is 4. The number of nitrogens with zero attached hydrogens (tertiary/aromatic N) is 3. The highest BCUT2D eigenvalue weighted by molar-refractivity contribution is 5.78. The molecule has 1 fully saturated rings. The Kier molecular flexibility index (Phi) is 4.12. The van der Waals surface area contributed by atoms with Crippen molar-refractivity contribution >= 4 is 11.7 Å². The van der Waals surface area contributed by atoms with Crippen LogP contribution in [0.1, 0.15) is 26.7 Å². The molecule has 1 aromatic heterocycles. The van der Waals surface area contributed by atoms with Gasteiger partial charge in [-0.25, -0.2) is 4.98 Å². The molecule has 1 amide bonds. The van der Waals surface area contributed by atoms with Gasteiger partial charge >= 0.3 is 0 Å². The van der Waals surface area contributed by atoms with Crippen molar-refractivity contribution in [2.75, 3.05) is 18.4 Å². The van der Waals surface area contributed by atoms with Gasteiger partial charge in [0, 0.05) is 37.4 Å². The van der Waals surface area contributed by atoms with E-state index >= 15 is 0 Å². The van der Waals surface area contributed by atoms with E-state index in [-0.39, 0.29) is 17.9 Å². The summed E-state index contributed by atoms with van der Waals surface area (Å²) in [7, 11) is 0. The molecule has 1 aromatic rings. The maximum atomic E-state index is 12.0. The van der Waals surface area contributed by atoms with Crippen molar-refractivity contribution in [1.82, 2.24) is 14.9 Å². The first-order valence-corrected chi connectivity index (χ1v) is 6.48. The second-order valence-corrected chi connectivity index (χ2v) is 5.01. The van der Waals surface area contributed by atoms with Crippen LogP contribution in [0.4, 0.5) is 5.82 Å². The molecule has 5 nitrogen and oxygen atoms in total. The highest BCUT2D eigenvalue weighted by Crippen LogP contribution is 2.16. The van der Waals surface area contributed by atoms with Gasteiger partial charge in [0.1, 0.15) is 5.82 Å². The third-order valence-electron chi connectivity index (χ3n) is 3.14. The van der Waals surface area contributed by atoms with E-state index in [0.29, 0.717) is 0 Å². The van der Waals surface area contributed by atoms with E-state index in [1.165, 1.54) is 0 Å². The van der Waals surface area contributed by atoms with Crippen LogP contribution in [0.25, 0.3) is 0 Å². The van der Waals surface area contributed by atoms with E-state index in [1.807, 2.05) is 18.7 Å². The van der Waals surface area contributed by atoms with E-state index in [0.717, 1.165) is 31.7 Å². The maximum Gasteiger partial charge on any atom is 0.225 e. The zero-order valence-corrected chi connectivity index (χ0v) is 11.0. The van der Waals surface area contributed by atoms with Gasteiger partial charge in [0.2, 0.25) is 5.91 Å². The number of hydrogen-bond donors (Lipinski definition) is 1. The Balaban J connectivity index is 1.93. The second-order valence-electron chi connectivity index (χ2n) is 5.01. The third-order valence-corrected chi connectivity index (χ3v) is 3.14. The molecule has 2 rings (SSSR count). The van der Waals surface area contributed by atoms with Crippen molar-refractivity contribution in [3.8, 4) is 0 Å². The van der Waals surface area contributed by atoms with E-state index in [1.54, 1.807) is 18.6 Å². The molecule has 0 aromatic carbocycles. The van der Waals surface area contributed by atoms with Gasteiger partial charge in [0.25, 0.3) is 0 Å². The lowest BCUT2D eigenvalue weighted by molar-refractivity contribution is -0.135. The molecule has 1 aliphatic heterocycles. The predicted octanol–water partition coefficient (Wildman–Crippen LogP) is 1.54. The van der Waals surface area contributed by atoms with Gasteiger partial charge in [0.05, 0.1) is 6.20 Å². The zero-order valence-electron chi connectivity index (χ0n) is 11.0. The molecule has 1 N–H and O–H groups in total. The van der Waals surface area contributed by atoms with E-state index < -0.39 is 0 Å². The first-order valence-electron chi connectivity index (χ1n) is 6.48. The predicted molar refractivity (Wildman–Crippen MR) is 70.1 cm³/mol. The molecular formula is C13H20N4O. The molecule has 1 saturated heterocycles. The number of amides is 1. The van der Waals surface area contributed by atoms with Crippen LogP contribution in [0.5, 0.6) is 0 Å². The Morgan fingerprint density at radius 1 is 1.50 bits per heavy atom. The smallest absolute Gasteiger partial charge is 0.225 e. The fourth-order valence-corrected chi connectivity index (χ4v) is 2.24. The van der Waals surface area contributed by atoms with Crippen LogP contribution >= 0.6 is 0 Å². The summed E-state index contributed by atoms with van der Waals surface area (Å²) < 4.78 is 0. The minimum atomic E-state index is 0.0697. The SMILES string of the molecule is CC(C)C(=O)N1CCCC(Nc2cnccn2)C1. The van der Waals surface area contributed by atoms with E-state index in [2.05, 4.69) is 15.3 Å². The van der Waals surface area contributed by atoms with Crippen LogP contribution in [0, 0.1) is 5.92 Å². The van der Waals surface area contributed by atoms with E-state index in [9.17, 15) is 4.79 Å². The molecule has 2 heterocycles. The molecule has 5 heteroatoms. The minimum absolute atomic E-state index is 0.0697. The standard InChI is InChI=1S/C13H20N4O/c1-10(2)13(18)17-7-3-4-11(9-17)16-12-8-14-5-6-15-12/h5-6,8,10-11H,3-4,7,9H2,1-2H3,(H,15,16). The number of carbonyl (C=O) groups excluding carboxylic acids is 1. The normalized spacial score (nSPS) is 19.9. The zero-order chi connectivity index (χ0) is 13.0. The molecule has 0 radical (unpaired) electrons. The maximum absolute atomic E-state index is 12.0. The molecular weight excluding hydrogens is 228 g/mol. The fourth-order valence-electron chi connectivity index (χ4n) is 2.24. The van der Waals surface area contributed by atoms with Crippen molar-refractivity contribution in [2.45, 2.75) is 32.7 Å². The largest absolute Gasteiger partial charge is 0.364 e. The first kappa shape index (κ1) is 12.8. The van der Waals surface area contributed by atoms with Crippen molar-refractivity contribution in [2.24, 2.45) is 5.92 Å². The van der Waals surface area contributed by atoms with Gasteiger partial charge in [-0.1, -0.05) is 13.8 Å². The number of carbonyl (C=O) groups is 1. The summed E-state index contributed by atoms with van der Waals surface area (Å²) in [6.07, 6.45) is 7.14. The number of nitrogens with one attached hydrogen (secondary N) is 1. The van der Waals surface area contributed by atoms with Crippen LogP contribution in [-0.2, 0) is 4.79 Å². The van der Waals surface area contributed by atoms with Crippen molar-refractivity contribution in [3.63, 3.8) is 0 Å². The van der Waals surface area contributed by atoms with Crippen LogP contribution in [-0.4, -0.2) is 39.9 Å². The number of likely N-dealkylation sites (tertiary alicyclic amines) is 1. The monoisotopic (exact) mass is 248 g/mol. The summed E-state index contributed by atoms with van der Waals surface area (Å²) in [5.74, 6) is 1.09. The van der Waals surface area contributed by atoms with Gasteiger partial charge in [-0.15, -0.1) is 0 Å². The van der Waals surface area contributed by atoms with Crippen molar-refractivity contribution < 1.29 is 4.79 Å². The summed E-state index contributed by atoms with van der Waals surface area (Å²) >= 11 is 0. The summed E-state index contributed by atoms with van der Waals surface area (Å²) in [6.45, 7) is 5.52. The molecule has 18 heavy (non-hydrogen) atoms. The third kappa shape index (κ3) is 3.18. The minimum Gasteiger partial charge on any atom is -0.364 e. The van der Waals surface area contributed by atoms with Gasteiger partial charge in [-0.3, -0.25) is 9.78 Å². The van der Waals surface area contributed by atoms with Crippen LogP contribution in [0.3, 0.4) is 0 Å². The van der Waals surface area contributed by atoms with Crippen molar-refractivity contribution in [1.29, 1.82) is 0 Å². The molecule has 1 atom stereocenters. The van der Waals surface area contributed by atoms with Crippen LogP contribution in [0.2, 0.25) is 0 Å². The van der Waals surface area contributed by atoms with Gasteiger partial charge in [0.15, 0.2) is 0 Å². The number of rotatable bonds is 3. The molecule has 0 bridgehead atoms. The number of piperidine rings is 1. The summed E-state index contributed by atoms with van der Waals surface area (Å²) in [4.78, 5) is 22.1. The second kappa shape index (κ2) is 5.80. The Morgan fingerprint density at radius 2 is 2.33 bits per heavy atom. The lowest BCUT2D eigenvalue weighted by Crippen LogP contribution is -2.46. The molecule has 0 spiro atoms. The summed E-state index contributed by atoms with van der Waals surface area (Å²) in [5.41, 5.74) is 0. The molecule has 98 valence electrons. The highest BCUT2D eigenvalue weighted by Gasteiger charge is 2.25. The molecule has 0 saturated carbocycles. The summed E-state index contributed by atoms with van der Waals surface area (Å²) in [5, 5.41) is 3.34. The van der Waals surface area contributed by atoms with Crippen LogP contribution < -0.4 is 5.32 Å². The lowest BCUT2D eigenvalue weighted by Gasteiger charge is -2.34. The molecule has 0 aliphatic carbocycles. The first-order chi connectivity index (χ1) is 8.66. The van der Waals surface area contributed by atoms with Gasteiger partial charge in [-0.05, 0) is 12.8 Å². The fraction of sp³-hybridized carbons (Fsp3) is 0.615. The molecule has 1 aliphatic rings. The Bertz CT molecular complexity index is 393. The average Bonchev–Trinajstić information content (AvgIpc) is 2.39. The van der Waals surface area contributed by atoms with Crippen molar-refractivity contribution in [3.05, 3.63) is 18.6 Å². The number of aromatic nitrogens is 2. The Labute approximate surface area is 108 Å². The average molecular weight is 248 g/mol. The lowest BCUT2D eigenvalue weighted by atomic mass is 10.0. The summed E-state index contributed by atoms with van der Waals surface area (Å²) in [6, 6.07) is 0.276. The quantitative estimate of drug-likeness (QED) is 0.881. The van der Waals surface area contributed by atoms with Crippen LogP contribution in [0.15, 0.2) is 18.6 Å². The molecule has 1 unspecified atom stereocenters. The number of anilines is 1. The van der Waals surface area contributed by atoms with Gasteiger partial charge < -0.3 is 10.2 Å². The Morgan fingerprint density at radius 3 is 3.00 bits per heavy atom. The Hall–Kier alpha value is -1.65. The topological polar surface area (TPSA) is 58.1 Å². The van der Waals surface area contributed by atoms with E-state index in [4.69, 9.17) is 0 Å². The highest BCUT2D eigenvalue weighted by atomic mass is 16.2.